The van der Waals surface area contributed by atoms with Crippen LogP contribution in [0.3, 0.4) is 0 Å². The van der Waals surface area contributed by atoms with Crippen molar-refractivity contribution in [1.29, 1.82) is 0 Å². The summed E-state index contributed by atoms with van der Waals surface area (Å²) in [6, 6.07) is 15.0. The van der Waals surface area contributed by atoms with Crippen LogP contribution >= 0.6 is 0 Å². The Hall–Kier alpha value is -4.21. The number of para-hydroxylation sites is 1. The van der Waals surface area contributed by atoms with Gasteiger partial charge in [-0.25, -0.2) is 9.97 Å². The van der Waals surface area contributed by atoms with Crippen LogP contribution in [-0.4, -0.2) is 62.5 Å². The maximum atomic E-state index is 14.2. The molecule has 6 rings (SSSR count). The first-order valence-electron chi connectivity index (χ1n) is 12.7. The van der Waals surface area contributed by atoms with Gasteiger partial charge in [-0.15, -0.1) is 0 Å². The lowest BCUT2D eigenvalue weighted by Crippen LogP contribution is -2.53. The number of hydrogen-bond acceptors (Lipinski definition) is 7. The van der Waals surface area contributed by atoms with Crippen molar-refractivity contribution in [3.05, 3.63) is 84.7 Å². The Morgan fingerprint density at radius 2 is 1.74 bits per heavy atom. The third-order valence-electron chi connectivity index (χ3n) is 7.84. The van der Waals surface area contributed by atoms with Crippen molar-refractivity contribution < 1.29 is 14.7 Å². The zero-order chi connectivity index (χ0) is 26.3. The predicted molar refractivity (Wildman–Crippen MR) is 143 cm³/mol. The summed E-state index contributed by atoms with van der Waals surface area (Å²) < 4.78 is 0. The number of amides is 2. The fourth-order valence-corrected chi connectivity index (χ4v) is 5.88. The van der Waals surface area contributed by atoms with Crippen LogP contribution < -0.4 is 10.6 Å². The lowest BCUT2D eigenvalue weighted by atomic mass is 9.73. The van der Waals surface area contributed by atoms with Gasteiger partial charge in [-0.3, -0.25) is 14.6 Å². The minimum absolute atomic E-state index is 0.0162. The first-order chi connectivity index (χ1) is 18.5. The topological polar surface area (TPSA) is 126 Å². The van der Waals surface area contributed by atoms with Gasteiger partial charge in [0.15, 0.2) is 0 Å². The highest BCUT2D eigenvalue weighted by molar-refractivity contribution is 6.08. The molecule has 4 aromatic rings. The number of nitrogens with zero attached hydrogens (tertiary/aromatic N) is 5. The normalized spacial score (nSPS) is 17.2. The standard InChI is InChI=1S/C29H28N6O3/c30-23(17-36)27(37)34-11-9-29(10-12-34)22-7-3-4-8-25(22)35(28(29)38)16-24-26(20-13-31-18-32-14-20)21-6-2-1-5-19(21)15-33-24/h1-8,13-15,18,23,36H,9-12,16-17,30H2. The van der Waals surface area contributed by atoms with Crippen molar-refractivity contribution in [2.75, 3.05) is 24.6 Å². The molecule has 0 saturated carbocycles. The average Bonchev–Trinajstić information content (AvgIpc) is 3.19. The number of fused-ring (bicyclic) bond motifs is 3. The van der Waals surface area contributed by atoms with Gasteiger partial charge < -0.3 is 20.6 Å². The van der Waals surface area contributed by atoms with Crippen molar-refractivity contribution in [1.82, 2.24) is 19.9 Å². The van der Waals surface area contributed by atoms with Crippen LogP contribution in [0.2, 0.25) is 0 Å². The number of piperidine rings is 1. The number of hydrogen-bond donors (Lipinski definition) is 2. The minimum atomic E-state index is -0.938. The second-order valence-electron chi connectivity index (χ2n) is 9.90. The zero-order valence-electron chi connectivity index (χ0n) is 20.8. The molecule has 2 amide bonds. The fourth-order valence-electron chi connectivity index (χ4n) is 5.88. The number of nitrogens with two attached hydrogens (primary N) is 1. The minimum Gasteiger partial charge on any atom is -0.394 e. The Morgan fingerprint density at radius 3 is 2.50 bits per heavy atom. The molecule has 38 heavy (non-hydrogen) atoms. The van der Waals surface area contributed by atoms with Gasteiger partial charge in [0.25, 0.3) is 0 Å². The van der Waals surface area contributed by atoms with Crippen LogP contribution in [0.1, 0.15) is 24.1 Å². The SMILES string of the molecule is NC(CO)C(=O)N1CCC2(CC1)C(=O)N(Cc1ncc3ccccc3c1-c1cncnc1)c1ccccc12. The number of aliphatic hydroxyl groups excluding tert-OH is 1. The maximum absolute atomic E-state index is 14.2. The molecular weight excluding hydrogens is 480 g/mol. The summed E-state index contributed by atoms with van der Waals surface area (Å²) in [5, 5.41) is 11.3. The first kappa shape index (κ1) is 24.1. The molecule has 0 radical (unpaired) electrons. The van der Waals surface area contributed by atoms with Gasteiger partial charge in [-0.1, -0.05) is 42.5 Å². The second kappa shape index (κ2) is 9.59. The molecule has 2 aromatic carbocycles. The molecule has 2 aromatic heterocycles. The predicted octanol–water partition coefficient (Wildman–Crippen LogP) is 2.42. The first-order valence-corrected chi connectivity index (χ1v) is 12.7. The molecule has 1 atom stereocenters. The summed E-state index contributed by atoms with van der Waals surface area (Å²) in [5.41, 5.74) is 9.42. The van der Waals surface area contributed by atoms with E-state index < -0.39 is 18.1 Å². The number of carbonyl (C=O) groups excluding carboxylic acids is 2. The third kappa shape index (κ3) is 3.82. The highest BCUT2D eigenvalue weighted by Crippen LogP contribution is 2.48. The van der Waals surface area contributed by atoms with Crippen molar-refractivity contribution in [3.8, 4) is 11.1 Å². The van der Waals surface area contributed by atoms with E-state index in [9.17, 15) is 14.7 Å². The van der Waals surface area contributed by atoms with E-state index in [-0.39, 0.29) is 11.8 Å². The molecule has 1 unspecified atom stereocenters. The number of anilines is 1. The molecule has 192 valence electrons. The smallest absolute Gasteiger partial charge is 0.241 e. The second-order valence-corrected chi connectivity index (χ2v) is 9.90. The van der Waals surface area contributed by atoms with Crippen LogP contribution in [0.15, 0.2) is 73.4 Å². The van der Waals surface area contributed by atoms with Crippen molar-refractivity contribution in [2.24, 2.45) is 5.73 Å². The number of carbonyl (C=O) groups is 2. The Bertz CT molecular complexity index is 1520. The van der Waals surface area contributed by atoms with Gasteiger partial charge in [0.05, 0.1) is 24.3 Å². The van der Waals surface area contributed by atoms with Crippen molar-refractivity contribution >= 4 is 28.3 Å². The molecule has 0 bridgehead atoms. The molecule has 2 aliphatic heterocycles. The lowest BCUT2D eigenvalue weighted by molar-refractivity contribution is -0.137. The summed E-state index contributed by atoms with van der Waals surface area (Å²) >= 11 is 0. The highest BCUT2D eigenvalue weighted by atomic mass is 16.3. The van der Waals surface area contributed by atoms with Crippen LogP contribution in [0.4, 0.5) is 5.69 Å². The summed E-state index contributed by atoms with van der Waals surface area (Å²) in [6.07, 6.45) is 7.86. The molecule has 3 N–H and O–H groups in total. The molecular formula is C29H28N6O3. The van der Waals surface area contributed by atoms with Gasteiger partial charge in [0, 0.05) is 53.9 Å². The van der Waals surface area contributed by atoms with Crippen LogP contribution in [0.5, 0.6) is 0 Å². The van der Waals surface area contributed by atoms with Crippen LogP contribution in [0, 0.1) is 0 Å². The number of benzene rings is 2. The molecule has 9 nitrogen and oxygen atoms in total. The van der Waals surface area contributed by atoms with Gasteiger partial charge in [-0.05, 0) is 29.9 Å². The van der Waals surface area contributed by atoms with E-state index in [0.29, 0.717) is 32.5 Å². The van der Waals surface area contributed by atoms with Crippen molar-refractivity contribution in [2.45, 2.75) is 30.8 Å². The molecule has 1 spiro atoms. The molecule has 0 aliphatic carbocycles. The van der Waals surface area contributed by atoms with E-state index in [1.54, 1.807) is 17.3 Å². The van der Waals surface area contributed by atoms with Crippen LogP contribution in [0.25, 0.3) is 21.9 Å². The lowest BCUT2D eigenvalue weighted by Gasteiger charge is -2.39. The Labute approximate surface area is 220 Å². The number of likely N-dealkylation sites (tertiary alicyclic amines) is 1. The molecule has 1 saturated heterocycles. The van der Waals surface area contributed by atoms with E-state index >= 15 is 0 Å². The zero-order valence-corrected chi connectivity index (χ0v) is 20.8. The average molecular weight is 509 g/mol. The number of pyridine rings is 1. The van der Waals surface area contributed by atoms with E-state index in [2.05, 4.69) is 9.97 Å². The Kier molecular flexibility index (Phi) is 6.09. The quantitative estimate of drug-likeness (QED) is 0.424. The third-order valence-corrected chi connectivity index (χ3v) is 7.84. The van der Waals surface area contributed by atoms with Gasteiger partial charge in [0.1, 0.15) is 12.4 Å². The van der Waals surface area contributed by atoms with E-state index in [1.165, 1.54) is 6.33 Å². The molecule has 4 heterocycles. The number of aliphatic hydroxyl groups is 1. The van der Waals surface area contributed by atoms with E-state index in [4.69, 9.17) is 10.7 Å². The van der Waals surface area contributed by atoms with E-state index in [1.807, 2.05) is 59.6 Å². The summed E-state index contributed by atoms with van der Waals surface area (Å²) in [5.74, 6) is -0.268. The monoisotopic (exact) mass is 508 g/mol. The largest absolute Gasteiger partial charge is 0.394 e. The summed E-state index contributed by atoms with van der Waals surface area (Å²) in [7, 11) is 0. The fraction of sp³-hybridized carbons (Fsp3) is 0.276. The van der Waals surface area contributed by atoms with Gasteiger partial charge >= 0.3 is 0 Å². The summed E-state index contributed by atoms with van der Waals surface area (Å²) in [4.78, 5) is 43.5. The van der Waals surface area contributed by atoms with Crippen molar-refractivity contribution in [3.63, 3.8) is 0 Å². The molecule has 9 heteroatoms. The molecule has 2 aliphatic rings. The Balaban J connectivity index is 1.38. The maximum Gasteiger partial charge on any atom is 0.241 e. The van der Waals surface area contributed by atoms with Gasteiger partial charge in [-0.2, -0.15) is 0 Å². The van der Waals surface area contributed by atoms with E-state index in [0.717, 1.165) is 38.8 Å². The number of rotatable bonds is 5. The van der Waals surface area contributed by atoms with Gasteiger partial charge in [0.2, 0.25) is 11.8 Å². The molecule has 1 fully saturated rings. The number of aromatic nitrogens is 3. The highest BCUT2D eigenvalue weighted by Gasteiger charge is 2.52. The summed E-state index contributed by atoms with van der Waals surface area (Å²) in [6.45, 7) is 0.705. The Morgan fingerprint density at radius 1 is 1.03 bits per heavy atom. The van der Waals surface area contributed by atoms with Crippen LogP contribution in [-0.2, 0) is 21.5 Å².